The quantitative estimate of drug-likeness (QED) is 0.869. The average Bonchev–Trinajstić information content (AvgIpc) is 2.34. The summed E-state index contributed by atoms with van der Waals surface area (Å²) in [5.74, 6) is -1.84. The van der Waals surface area contributed by atoms with Crippen LogP contribution in [0, 0.1) is 0 Å². The Bertz CT molecular complexity index is 536. The number of carbonyl (C=O) groups excluding carboxylic acids is 2. The van der Waals surface area contributed by atoms with Crippen molar-refractivity contribution in [1.82, 2.24) is 4.90 Å². The lowest BCUT2D eigenvalue weighted by atomic mass is 9.91. The molecule has 0 aromatic heterocycles. The van der Waals surface area contributed by atoms with E-state index in [0.29, 0.717) is 5.56 Å². The largest absolute Gasteiger partial charge is 0.416 e. The minimum absolute atomic E-state index is 0.0627. The van der Waals surface area contributed by atoms with Gasteiger partial charge in [-0.3, -0.25) is 9.59 Å². The lowest BCUT2D eigenvalue weighted by Crippen LogP contribution is -2.48. The number of alkyl halides is 3. The highest BCUT2D eigenvalue weighted by atomic mass is 19.4. The Morgan fingerprint density at radius 1 is 1.19 bits per heavy atom. The van der Waals surface area contributed by atoms with Crippen LogP contribution in [0.3, 0.4) is 0 Å². The van der Waals surface area contributed by atoms with E-state index in [9.17, 15) is 22.8 Å². The first-order chi connectivity index (χ1) is 9.79. The minimum Gasteiger partial charge on any atom is -0.361 e. The number of nitrogens with two attached hydrogens (primary N) is 1. The van der Waals surface area contributed by atoms with E-state index in [2.05, 4.69) is 0 Å². The first-order valence-corrected chi connectivity index (χ1v) is 6.55. The Labute approximate surface area is 119 Å². The van der Waals surface area contributed by atoms with Crippen molar-refractivity contribution < 1.29 is 22.8 Å². The van der Waals surface area contributed by atoms with Gasteiger partial charge in [0.05, 0.1) is 5.56 Å². The topological polar surface area (TPSA) is 63.4 Å². The zero-order valence-electron chi connectivity index (χ0n) is 11.2. The summed E-state index contributed by atoms with van der Waals surface area (Å²) < 4.78 is 37.4. The monoisotopic (exact) mass is 300 g/mol. The Morgan fingerprint density at radius 2 is 1.76 bits per heavy atom. The lowest BCUT2D eigenvalue weighted by Gasteiger charge is -2.36. The molecule has 1 aromatic rings. The summed E-state index contributed by atoms with van der Waals surface area (Å²) >= 11 is 0. The van der Waals surface area contributed by atoms with Gasteiger partial charge in [0.1, 0.15) is 0 Å². The van der Waals surface area contributed by atoms with Crippen molar-refractivity contribution in [2.24, 2.45) is 5.73 Å². The van der Waals surface area contributed by atoms with Crippen molar-refractivity contribution >= 4 is 11.8 Å². The van der Waals surface area contributed by atoms with Crippen LogP contribution in [0.25, 0.3) is 0 Å². The van der Waals surface area contributed by atoms with Crippen molar-refractivity contribution in [3.8, 4) is 0 Å². The van der Waals surface area contributed by atoms with E-state index in [0.717, 1.165) is 31.4 Å². The molecule has 1 saturated carbocycles. The Kier molecular flexibility index (Phi) is 4.20. The van der Waals surface area contributed by atoms with E-state index in [4.69, 9.17) is 5.73 Å². The molecule has 1 aromatic carbocycles. The molecular weight excluding hydrogens is 285 g/mol. The number of hydrogen-bond donors (Lipinski definition) is 1. The maximum absolute atomic E-state index is 12.5. The minimum atomic E-state index is -4.39. The first kappa shape index (κ1) is 15.3. The van der Waals surface area contributed by atoms with Gasteiger partial charge >= 0.3 is 18.0 Å². The van der Waals surface area contributed by atoms with Crippen molar-refractivity contribution in [3.05, 3.63) is 35.4 Å². The Balaban J connectivity index is 2.13. The number of carbonyl (C=O) groups is 2. The molecule has 0 aliphatic heterocycles. The molecule has 1 fully saturated rings. The molecule has 4 nitrogen and oxygen atoms in total. The van der Waals surface area contributed by atoms with Crippen molar-refractivity contribution in [1.29, 1.82) is 0 Å². The standard InChI is InChI=1S/C14H15F3N2O2/c15-14(16,17)10-6-4-9(5-7-10)8-19(11-2-1-3-11)13(21)12(18)20/h4-7,11H,1-3,8H2,(H2,18,20). The van der Waals surface area contributed by atoms with Gasteiger partial charge in [-0.15, -0.1) is 0 Å². The zero-order valence-corrected chi connectivity index (χ0v) is 11.2. The molecule has 1 aliphatic carbocycles. The highest BCUT2D eigenvalue weighted by molar-refractivity contribution is 6.34. The summed E-state index contributed by atoms with van der Waals surface area (Å²) in [6.45, 7) is 0.0879. The van der Waals surface area contributed by atoms with Crippen molar-refractivity contribution in [2.45, 2.75) is 38.0 Å². The van der Waals surface area contributed by atoms with Crippen LogP contribution in [0.1, 0.15) is 30.4 Å². The molecule has 0 spiro atoms. The van der Waals surface area contributed by atoms with Gasteiger partial charge in [0.15, 0.2) is 0 Å². The van der Waals surface area contributed by atoms with Crippen LogP contribution in [0.5, 0.6) is 0 Å². The molecule has 21 heavy (non-hydrogen) atoms. The molecule has 0 saturated heterocycles. The molecule has 114 valence electrons. The van der Waals surface area contributed by atoms with Crippen molar-refractivity contribution in [2.75, 3.05) is 0 Å². The van der Waals surface area contributed by atoms with E-state index in [1.165, 1.54) is 17.0 Å². The van der Waals surface area contributed by atoms with Crippen LogP contribution >= 0.6 is 0 Å². The predicted octanol–water partition coefficient (Wildman–Crippen LogP) is 2.07. The van der Waals surface area contributed by atoms with Crippen LogP contribution in [-0.4, -0.2) is 22.8 Å². The summed E-state index contributed by atoms with van der Waals surface area (Å²) in [5.41, 5.74) is 4.79. The number of rotatable bonds is 3. The third-order valence-electron chi connectivity index (χ3n) is 3.62. The maximum atomic E-state index is 12.5. The summed E-state index contributed by atoms with van der Waals surface area (Å²) in [6, 6.07) is 4.48. The van der Waals surface area contributed by atoms with E-state index in [-0.39, 0.29) is 12.6 Å². The molecule has 0 bridgehead atoms. The number of hydrogen-bond acceptors (Lipinski definition) is 2. The summed E-state index contributed by atoms with van der Waals surface area (Å²) in [7, 11) is 0. The van der Waals surface area contributed by atoms with Crippen LogP contribution in [0.2, 0.25) is 0 Å². The third kappa shape index (κ3) is 3.53. The normalized spacial score (nSPS) is 15.4. The summed E-state index contributed by atoms with van der Waals surface area (Å²) in [4.78, 5) is 24.2. The summed E-state index contributed by atoms with van der Waals surface area (Å²) in [6.07, 6.45) is -1.88. The lowest BCUT2D eigenvalue weighted by molar-refractivity contribution is -0.147. The maximum Gasteiger partial charge on any atom is 0.416 e. The molecule has 2 N–H and O–H groups in total. The molecule has 1 aliphatic rings. The molecule has 0 radical (unpaired) electrons. The van der Waals surface area contributed by atoms with Gasteiger partial charge in [-0.2, -0.15) is 13.2 Å². The SMILES string of the molecule is NC(=O)C(=O)N(Cc1ccc(C(F)(F)F)cc1)C1CCC1. The van der Waals surface area contributed by atoms with Gasteiger partial charge in [-0.25, -0.2) is 0 Å². The molecule has 2 rings (SSSR count). The average molecular weight is 300 g/mol. The fourth-order valence-corrected chi connectivity index (χ4v) is 2.20. The van der Waals surface area contributed by atoms with Crippen molar-refractivity contribution in [3.63, 3.8) is 0 Å². The van der Waals surface area contributed by atoms with Gasteiger partial charge in [-0.1, -0.05) is 12.1 Å². The third-order valence-corrected chi connectivity index (χ3v) is 3.62. The number of halogens is 3. The van der Waals surface area contributed by atoms with Crippen LogP contribution in [0.4, 0.5) is 13.2 Å². The van der Waals surface area contributed by atoms with E-state index in [1.54, 1.807) is 0 Å². The van der Waals surface area contributed by atoms with E-state index in [1.807, 2.05) is 0 Å². The highest BCUT2D eigenvalue weighted by Gasteiger charge is 2.32. The van der Waals surface area contributed by atoms with Crippen LogP contribution in [0.15, 0.2) is 24.3 Å². The predicted molar refractivity (Wildman–Crippen MR) is 68.8 cm³/mol. The van der Waals surface area contributed by atoms with Crippen LogP contribution < -0.4 is 5.73 Å². The highest BCUT2D eigenvalue weighted by Crippen LogP contribution is 2.30. The van der Waals surface area contributed by atoms with Gasteiger partial charge in [0.2, 0.25) is 0 Å². The zero-order chi connectivity index (χ0) is 15.6. The van der Waals surface area contributed by atoms with Gasteiger partial charge < -0.3 is 10.6 Å². The smallest absolute Gasteiger partial charge is 0.361 e. The second kappa shape index (κ2) is 5.75. The second-order valence-electron chi connectivity index (χ2n) is 5.08. The fourth-order valence-electron chi connectivity index (χ4n) is 2.20. The molecule has 2 amide bonds. The molecule has 7 heteroatoms. The first-order valence-electron chi connectivity index (χ1n) is 6.55. The Hall–Kier alpha value is -2.05. The van der Waals surface area contributed by atoms with E-state index >= 15 is 0 Å². The number of benzene rings is 1. The van der Waals surface area contributed by atoms with Crippen LogP contribution in [-0.2, 0) is 22.3 Å². The molecule has 0 heterocycles. The molecular formula is C14H15F3N2O2. The van der Waals surface area contributed by atoms with Gasteiger partial charge in [0, 0.05) is 12.6 Å². The molecule has 0 atom stereocenters. The van der Waals surface area contributed by atoms with E-state index < -0.39 is 23.6 Å². The molecule has 0 unspecified atom stereocenters. The summed E-state index contributed by atoms with van der Waals surface area (Å²) in [5, 5.41) is 0. The fraction of sp³-hybridized carbons (Fsp3) is 0.429. The van der Waals surface area contributed by atoms with Gasteiger partial charge in [-0.05, 0) is 37.0 Å². The second-order valence-corrected chi connectivity index (χ2v) is 5.08. The van der Waals surface area contributed by atoms with Gasteiger partial charge in [0.25, 0.3) is 0 Å². The Morgan fingerprint density at radius 3 is 2.14 bits per heavy atom. The number of amides is 2. The number of primary amides is 1. The number of nitrogens with zero attached hydrogens (tertiary/aromatic N) is 1.